The molecule has 0 amide bonds. The molecule has 0 aliphatic carbocycles. The number of para-hydroxylation sites is 2. The topological polar surface area (TPSA) is 81.1 Å². The molecule has 1 heterocycles. The molecule has 0 spiro atoms. The predicted octanol–water partition coefficient (Wildman–Crippen LogP) is 0.448. The number of nitrogens with two attached hydrogens (primary N) is 1. The van der Waals surface area contributed by atoms with Gasteiger partial charge in [0.1, 0.15) is 0 Å². The van der Waals surface area contributed by atoms with Gasteiger partial charge >= 0.3 is 5.97 Å². The van der Waals surface area contributed by atoms with Gasteiger partial charge in [0.05, 0.1) is 11.0 Å². The van der Waals surface area contributed by atoms with E-state index in [1.165, 1.54) is 0 Å². The lowest BCUT2D eigenvalue weighted by molar-refractivity contribution is 0.0681. The third kappa shape index (κ3) is 1.01. The molecule has 5 nitrogen and oxygen atoms in total. The Bertz CT molecular complexity index is 475. The second kappa shape index (κ2) is 2.48. The normalized spacial score (nSPS) is 10.5. The lowest BCUT2D eigenvalue weighted by atomic mass is 10.3. The maximum Gasteiger partial charge on any atom is 0.373 e. The van der Waals surface area contributed by atoms with Crippen molar-refractivity contribution in [3.8, 4) is 0 Å². The van der Waals surface area contributed by atoms with E-state index < -0.39 is 5.97 Å². The summed E-state index contributed by atoms with van der Waals surface area (Å²) < 4.78 is 1.07. The number of imidazole rings is 1. The highest BCUT2D eigenvalue weighted by Gasteiger charge is 2.13. The van der Waals surface area contributed by atoms with Gasteiger partial charge in [-0.2, -0.15) is 0 Å². The SMILES string of the molecule is Nn1c(C(=O)O)nc2ccccc21. The van der Waals surface area contributed by atoms with Crippen LogP contribution in [0.2, 0.25) is 0 Å². The van der Waals surface area contributed by atoms with Gasteiger partial charge in [-0.3, -0.25) is 0 Å². The smallest absolute Gasteiger partial charge is 0.373 e. The van der Waals surface area contributed by atoms with Crippen LogP contribution in [0.4, 0.5) is 0 Å². The van der Waals surface area contributed by atoms with Crippen LogP contribution in [-0.4, -0.2) is 20.7 Å². The number of carboxylic acids is 1. The third-order valence-corrected chi connectivity index (χ3v) is 1.79. The van der Waals surface area contributed by atoms with Gasteiger partial charge in [0.25, 0.3) is 0 Å². The summed E-state index contributed by atoms with van der Waals surface area (Å²) in [6.45, 7) is 0. The van der Waals surface area contributed by atoms with E-state index in [0.29, 0.717) is 11.0 Å². The van der Waals surface area contributed by atoms with Gasteiger partial charge in [-0.15, -0.1) is 0 Å². The quantitative estimate of drug-likeness (QED) is 0.619. The molecule has 0 aliphatic heterocycles. The van der Waals surface area contributed by atoms with Crippen LogP contribution in [0.1, 0.15) is 10.6 Å². The van der Waals surface area contributed by atoms with Crippen LogP contribution in [0.15, 0.2) is 24.3 Å². The summed E-state index contributed by atoms with van der Waals surface area (Å²) in [6, 6.07) is 6.99. The fraction of sp³-hybridized carbons (Fsp3) is 0. The van der Waals surface area contributed by atoms with Crippen molar-refractivity contribution in [3.63, 3.8) is 0 Å². The summed E-state index contributed by atoms with van der Waals surface area (Å²) in [6.07, 6.45) is 0. The van der Waals surface area contributed by atoms with Gasteiger partial charge in [0, 0.05) is 0 Å². The molecule has 66 valence electrons. The Morgan fingerprint density at radius 3 is 2.77 bits per heavy atom. The van der Waals surface area contributed by atoms with Gasteiger partial charge in [-0.25, -0.2) is 14.5 Å². The van der Waals surface area contributed by atoms with Crippen LogP contribution in [0.25, 0.3) is 11.0 Å². The first-order valence-corrected chi connectivity index (χ1v) is 3.66. The Balaban J connectivity index is 2.81. The molecule has 1 aromatic heterocycles. The molecule has 0 unspecified atom stereocenters. The molecule has 0 atom stereocenters. The Labute approximate surface area is 73.4 Å². The highest BCUT2D eigenvalue weighted by molar-refractivity contribution is 5.89. The number of carboxylic acid groups (broad SMARTS) is 1. The van der Waals surface area contributed by atoms with Crippen molar-refractivity contribution in [3.05, 3.63) is 30.1 Å². The molecule has 0 radical (unpaired) electrons. The molecule has 0 saturated heterocycles. The van der Waals surface area contributed by atoms with Gasteiger partial charge in [0.15, 0.2) is 0 Å². The van der Waals surface area contributed by atoms with E-state index in [1.807, 2.05) is 0 Å². The van der Waals surface area contributed by atoms with Crippen LogP contribution >= 0.6 is 0 Å². The first-order chi connectivity index (χ1) is 6.20. The van der Waals surface area contributed by atoms with Crippen molar-refractivity contribution < 1.29 is 9.90 Å². The van der Waals surface area contributed by atoms with Crippen molar-refractivity contribution in [2.45, 2.75) is 0 Å². The van der Waals surface area contributed by atoms with Crippen molar-refractivity contribution >= 4 is 17.0 Å². The number of benzene rings is 1. The van der Waals surface area contributed by atoms with Crippen LogP contribution in [0, 0.1) is 0 Å². The number of hydrogen-bond donors (Lipinski definition) is 2. The number of hydrogen-bond acceptors (Lipinski definition) is 3. The minimum Gasteiger partial charge on any atom is -0.475 e. The highest BCUT2D eigenvalue weighted by Crippen LogP contribution is 2.12. The number of aromatic nitrogens is 2. The predicted molar refractivity (Wildman–Crippen MR) is 46.8 cm³/mol. The molecule has 1 aromatic carbocycles. The number of nitrogen functional groups attached to an aromatic ring is 1. The van der Waals surface area contributed by atoms with Crippen molar-refractivity contribution in [2.24, 2.45) is 0 Å². The molecule has 2 rings (SSSR count). The van der Waals surface area contributed by atoms with Crippen molar-refractivity contribution in [1.82, 2.24) is 9.66 Å². The first-order valence-electron chi connectivity index (χ1n) is 3.66. The second-order valence-electron chi connectivity index (χ2n) is 2.60. The van der Waals surface area contributed by atoms with E-state index in [9.17, 15) is 4.79 Å². The number of carbonyl (C=O) groups is 1. The van der Waals surface area contributed by atoms with Crippen molar-refractivity contribution in [1.29, 1.82) is 0 Å². The number of aromatic carboxylic acids is 1. The zero-order valence-corrected chi connectivity index (χ0v) is 6.64. The van der Waals surface area contributed by atoms with Gasteiger partial charge in [-0.1, -0.05) is 12.1 Å². The number of nitrogens with zero attached hydrogens (tertiary/aromatic N) is 2. The Hall–Kier alpha value is -2.04. The minimum atomic E-state index is -1.13. The first kappa shape index (κ1) is 7.60. The van der Waals surface area contributed by atoms with E-state index >= 15 is 0 Å². The largest absolute Gasteiger partial charge is 0.475 e. The minimum absolute atomic E-state index is 0.152. The van der Waals surface area contributed by atoms with E-state index in [1.54, 1.807) is 24.3 Å². The van der Waals surface area contributed by atoms with Crippen LogP contribution in [0.5, 0.6) is 0 Å². The molecule has 2 aromatic rings. The maximum atomic E-state index is 10.6. The van der Waals surface area contributed by atoms with Crippen molar-refractivity contribution in [2.75, 3.05) is 5.84 Å². The maximum absolute atomic E-state index is 10.6. The molecule has 0 bridgehead atoms. The summed E-state index contributed by atoms with van der Waals surface area (Å²) >= 11 is 0. The number of fused-ring (bicyclic) bond motifs is 1. The molecule has 3 N–H and O–H groups in total. The van der Waals surface area contributed by atoms with E-state index in [0.717, 1.165) is 4.68 Å². The monoisotopic (exact) mass is 177 g/mol. The van der Waals surface area contributed by atoms with Gasteiger partial charge in [-0.05, 0) is 12.1 Å². The molecular formula is C8H7N3O2. The van der Waals surface area contributed by atoms with E-state index in [4.69, 9.17) is 10.9 Å². The average Bonchev–Trinajstić information content (AvgIpc) is 2.45. The molecular weight excluding hydrogens is 170 g/mol. The zero-order valence-electron chi connectivity index (χ0n) is 6.64. The van der Waals surface area contributed by atoms with Crippen LogP contribution in [0.3, 0.4) is 0 Å². The standard InChI is InChI=1S/C8H7N3O2/c9-11-6-4-2-1-3-5(6)10-7(11)8(12)13/h1-4H,9H2,(H,12,13). The average molecular weight is 177 g/mol. The third-order valence-electron chi connectivity index (χ3n) is 1.79. The van der Waals surface area contributed by atoms with Crippen LogP contribution < -0.4 is 5.84 Å². The Morgan fingerprint density at radius 1 is 1.46 bits per heavy atom. The van der Waals surface area contributed by atoms with E-state index in [-0.39, 0.29) is 5.82 Å². The number of rotatable bonds is 1. The summed E-state index contributed by atoms with van der Waals surface area (Å²) in [5.41, 5.74) is 1.20. The van der Waals surface area contributed by atoms with Gasteiger partial charge < -0.3 is 10.9 Å². The zero-order chi connectivity index (χ0) is 9.42. The summed E-state index contributed by atoms with van der Waals surface area (Å²) in [5, 5.41) is 8.70. The molecule has 13 heavy (non-hydrogen) atoms. The van der Waals surface area contributed by atoms with Crippen LogP contribution in [-0.2, 0) is 0 Å². The fourth-order valence-corrected chi connectivity index (χ4v) is 1.20. The fourth-order valence-electron chi connectivity index (χ4n) is 1.20. The molecule has 0 aliphatic rings. The lowest BCUT2D eigenvalue weighted by Gasteiger charge is -1.95. The second-order valence-corrected chi connectivity index (χ2v) is 2.60. The van der Waals surface area contributed by atoms with Gasteiger partial charge in [0.2, 0.25) is 5.82 Å². The molecule has 5 heteroatoms. The summed E-state index contributed by atoms with van der Waals surface area (Å²) in [4.78, 5) is 14.5. The van der Waals surface area contributed by atoms with E-state index in [2.05, 4.69) is 4.98 Å². The lowest BCUT2D eigenvalue weighted by Crippen LogP contribution is -2.16. The highest BCUT2D eigenvalue weighted by atomic mass is 16.4. The summed E-state index contributed by atoms with van der Waals surface area (Å²) in [5.74, 6) is 4.24. The summed E-state index contributed by atoms with van der Waals surface area (Å²) in [7, 11) is 0. The Kier molecular flexibility index (Phi) is 1.45. The molecule has 0 saturated carbocycles. The Morgan fingerprint density at radius 2 is 2.15 bits per heavy atom. The molecule has 0 fully saturated rings.